The summed E-state index contributed by atoms with van der Waals surface area (Å²) in [5.41, 5.74) is 1.39. The fourth-order valence-electron chi connectivity index (χ4n) is 2.64. The van der Waals surface area contributed by atoms with E-state index in [1.54, 1.807) is 60.7 Å². The molecule has 0 aliphatic heterocycles. The molecule has 0 heterocycles. The standard InChI is InChI=1S/C22H24F6O3.Sn/c23-21(24,25)13-11-19(29-15-17-7-3-1-4-8-17)31-20(12-14-22(26,27)28)30-16-18-9-5-2-6-10-18;/h1-10,19-20H,11-16H2;. The van der Waals surface area contributed by atoms with Crippen LogP contribution in [0.3, 0.4) is 0 Å². The summed E-state index contributed by atoms with van der Waals surface area (Å²) in [6.45, 7) is -0.0952. The van der Waals surface area contributed by atoms with E-state index in [1.165, 1.54) is 0 Å². The van der Waals surface area contributed by atoms with Gasteiger partial charge in [0.05, 0.1) is 13.2 Å². The normalized spacial score (nSPS) is 13.9. The zero-order chi connectivity index (χ0) is 22.7. The Morgan fingerprint density at radius 1 is 0.594 bits per heavy atom. The third kappa shape index (κ3) is 13.3. The van der Waals surface area contributed by atoms with Crippen molar-refractivity contribution in [3.63, 3.8) is 0 Å². The van der Waals surface area contributed by atoms with Crippen molar-refractivity contribution < 1.29 is 40.6 Å². The smallest absolute Gasteiger partial charge is 0.348 e. The first kappa shape index (κ1) is 28.7. The molecule has 0 saturated carbocycles. The SMILES string of the molecule is FC(F)(F)CCC(OCc1ccccc1)OC(CCC(F)(F)F)OCc1ccccc1.[Sn]. The molecule has 0 saturated heterocycles. The Morgan fingerprint density at radius 2 is 0.938 bits per heavy atom. The molecule has 2 atom stereocenters. The van der Waals surface area contributed by atoms with E-state index in [0.717, 1.165) is 0 Å². The van der Waals surface area contributed by atoms with Gasteiger partial charge in [-0.25, -0.2) is 0 Å². The average molecular weight is 569 g/mol. The van der Waals surface area contributed by atoms with Crippen molar-refractivity contribution in [3.05, 3.63) is 71.8 Å². The Bertz CT molecular complexity index is 677. The molecule has 2 unspecified atom stereocenters. The van der Waals surface area contributed by atoms with Gasteiger partial charge >= 0.3 is 12.4 Å². The molecular formula is C22H24F6O3Sn. The maximum atomic E-state index is 12.7. The van der Waals surface area contributed by atoms with Gasteiger partial charge in [0.2, 0.25) is 0 Å². The van der Waals surface area contributed by atoms with Gasteiger partial charge in [-0.15, -0.1) is 0 Å². The molecule has 0 N–H and O–H groups in total. The van der Waals surface area contributed by atoms with E-state index in [1.807, 2.05) is 0 Å². The molecule has 3 nitrogen and oxygen atoms in total. The number of ether oxygens (including phenoxy) is 3. The van der Waals surface area contributed by atoms with Crippen molar-refractivity contribution in [3.8, 4) is 0 Å². The van der Waals surface area contributed by atoms with Crippen LogP contribution in [0.4, 0.5) is 26.3 Å². The Balaban J connectivity index is 0.00000512. The Morgan fingerprint density at radius 3 is 1.25 bits per heavy atom. The first-order valence-electron chi connectivity index (χ1n) is 9.71. The van der Waals surface area contributed by atoms with Crippen molar-refractivity contribution in [2.45, 2.75) is 63.8 Å². The maximum Gasteiger partial charge on any atom is 0.389 e. The van der Waals surface area contributed by atoms with Crippen LogP contribution in [-0.4, -0.2) is 48.8 Å². The zero-order valence-corrected chi connectivity index (χ0v) is 20.0. The summed E-state index contributed by atoms with van der Waals surface area (Å²) < 4.78 is 92.5. The van der Waals surface area contributed by atoms with Gasteiger partial charge < -0.3 is 14.2 Å². The van der Waals surface area contributed by atoms with Crippen LogP contribution in [-0.2, 0) is 27.4 Å². The summed E-state index contributed by atoms with van der Waals surface area (Å²) in [6.07, 6.45) is -15.2. The van der Waals surface area contributed by atoms with Crippen molar-refractivity contribution in [1.29, 1.82) is 0 Å². The molecule has 2 aromatic rings. The minimum absolute atomic E-state index is 0. The van der Waals surface area contributed by atoms with Gasteiger partial charge in [-0.3, -0.25) is 0 Å². The molecule has 32 heavy (non-hydrogen) atoms. The number of rotatable bonds is 12. The first-order valence-corrected chi connectivity index (χ1v) is 9.71. The molecule has 0 amide bonds. The van der Waals surface area contributed by atoms with E-state index in [-0.39, 0.29) is 37.1 Å². The van der Waals surface area contributed by atoms with Gasteiger partial charge in [0.25, 0.3) is 0 Å². The molecule has 0 bridgehead atoms. The van der Waals surface area contributed by atoms with Gasteiger partial charge in [-0.05, 0) is 11.1 Å². The fraction of sp³-hybridized carbons (Fsp3) is 0.455. The molecular weight excluding hydrogens is 545 g/mol. The number of hydrogen-bond acceptors (Lipinski definition) is 3. The second-order valence-corrected chi connectivity index (χ2v) is 6.90. The Labute approximate surface area is 200 Å². The van der Waals surface area contributed by atoms with Crippen molar-refractivity contribution >= 4 is 23.9 Å². The second-order valence-electron chi connectivity index (χ2n) is 6.90. The molecule has 0 fully saturated rings. The molecule has 0 aliphatic rings. The number of hydrogen-bond donors (Lipinski definition) is 0. The van der Waals surface area contributed by atoms with Crippen LogP contribution in [0.2, 0.25) is 0 Å². The molecule has 0 aliphatic carbocycles. The second kappa shape index (κ2) is 14.1. The van der Waals surface area contributed by atoms with Crippen molar-refractivity contribution in [1.82, 2.24) is 0 Å². The summed E-state index contributed by atoms with van der Waals surface area (Å²) in [4.78, 5) is 0. The Hall–Kier alpha value is -1.30. The quantitative estimate of drug-likeness (QED) is 0.169. The molecule has 176 valence electrons. The predicted molar refractivity (Wildman–Crippen MR) is 107 cm³/mol. The van der Waals surface area contributed by atoms with Gasteiger partial charge in [-0.1, -0.05) is 60.7 Å². The van der Waals surface area contributed by atoms with Gasteiger partial charge in [0.1, 0.15) is 0 Å². The molecule has 0 spiro atoms. The van der Waals surface area contributed by atoms with E-state index in [2.05, 4.69) is 0 Å². The predicted octanol–water partition coefficient (Wildman–Crippen LogP) is 6.39. The minimum Gasteiger partial charge on any atom is -0.348 e. The molecule has 2 aromatic carbocycles. The monoisotopic (exact) mass is 570 g/mol. The first-order chi connectivity index (χ1) is 14.6. The zero-order valence-electron chi connectivity index (χ0n) is 17.2. The molecule has 2 rings (SSSR count). The van der Waals surface area contributed by atoms with E-state index >= 15 is 0 Å². The van der Waals surface area contributed by atoms with E-state index in [4.69, 9.17) is 14.2 Å². The van der Waals surface area contributed by atoms with E-state index < -0.39 is 50.6 Å². The third-order valence-corrected chi connectivity index (χ3v) is 4.19. The van der Waals surface area contributed by atoms with Crippen LogP contribution in [0.5, 0.6) is 0 Å². The van der Waals surface area contributed by atoms with Crippen LogP contribution < -0.4 is 0 Å². The minimum atomic E-state index is -4.45. The Kier molecular flexibility index (Phi) is 12.6. The summed E-state index contributed by atoms with van der Waals surface area (Å²) >= 11 is 0. The van der Waals surface area contributed by atoms with Crippen molar-refractivity contribution in [2.24, 2.45) is 0 Å². The topological polar surface area (TPSA) is 27.7 Å². The van der Waals surface area contributed by atoms with Gasteiger partial charge in [-0.2, -0.15) is 26.3 Å². The average Bonchev–Trinajstić information content (AvgIpc) is 2.72. The summed E-state index contributed by atoms with van der Waals surface area (Å²) in [7, 11) is 0. The summed E-state index contributed by atoms with van der Waals surface area (Å²) in [6, 6.07) is 17.3. The number of halogens is 6. The van der Waals surface area contributed by atoms with Gasteiger partial charge in [0, 0.05) is 49.6 Å². The van der Waals surface area contributed by atoms with Crippen LogP contribution in [0.25, 0.3) is 0 Å². The summed E-state index contributed by atoms with van der Waals surface area (Å²) in [5.74, 6) is 0. The van der Waals surface area contributed by atoms with E-state index in [0.29, 0.717) is 11.1 Å². The number of benzene rings is 2. The third-order valence-electron chi connectivity index (χ3n) is 4.19. The maximum absolute atomic E-state index is 12.7. The van der Waals surface area contributed by atoms with Crippen LogP contribution >= 0.6 is 0 Å². The van der Waals surface area contributed by atoms with Crippen LogP contribution in [0.1, 0.15) is 36.8 Å². The number of alkyl halides is 6. The summed E-state index contributed by atoms with van der Waals surface area (Å²) in [5, 5.41) is 0. The molecule has 4 radical (unpaired) electrons. The largest absolute Gasteiger partial charge is 0.389 e. The van der Waals surface area contributed by atoms with Gasteiger partial charge in [0.15, 0.2) is 12.6 Å². The van der Waals surface area contributed by atoms with Crippen LogP contribution in [0, 0.1) is 0 Å². The fourth-order valence-corrected chi connectivity index (χ4v) is 2.64. The van der Waals surface area contributed by atoms with E-state index in [9.17, 15) is 26.3 Å². The van der Waals surface area contributed by atoms with Crippen LogP contribution in [0.15, 0.2) is 60.7 Å². The molecule has 0 aromatic heterocycles. The van der Waals surface area contributed by atoms with Crippen molar-refractivity contribution in [2.75, 3.05) is 0 Å². The molecule has 10 heteroatoms.